The second-order valence-electron chi connectivity index (χ2n) is 5.86. The maximum Gasteiger partial charge on any atom is 0.123 e. The molecule has 0 bridgehead atoms. The number of hydrogen-bond donors (Lipinski definition) is 1. The zero-order valence-electron chi connectivity index (χ0n) is 12.4. The Morgan fingerprint density at radius 3 is 2.75 bits per heavy atom. The summed E-state index contributed by atoms with van der Waals surface area (Å²) in [5, 5.41) is 6.31. The van der Waals surface area contributed by atoms with Crippen LogP contribution >= 0.6 is 0 Å². The molecular weight excluding hydrogens is 246 g/mol. The number of ether oxygens (including phenoxy) is 1. The van der Waals surface area contributed by atoms with E-state index in [1.807, 2.05) is 0 Å². The van der Waals surface area contributed by atoms with Crippen LogP contribution in [-0.2, 0) is 6.54 Å². The molecule has 0 aromatic heterocycles. The maximum absolute atomic E-state index is 5.56. The lowest BCUT2D eigenvalue weighted by Gasteiger charge is -2.19. The highest BCUT2D eigenvalue weighted by Gasteiger charge is 2.23. The Kier molecular flexibility index (Phi) is 3.93. The van der Waals surface area contributed by atoms with Crippen molar-refractivity contribution in [3.63, 3.8) is 0 Å². The van der Waals surface area contributed by atoms with Crippen LogP contribution in [0.1, 0.15) is 31.7 Å². The highest BCUT2D eigenvalue weighted by atomic mass is 16.5. The molecule has 3 rings (SSSR count). The van der Waals surface area contributed by atoms with Crippen molar-refractivity contribution in [2.75, 3.05) is 7.11 Å². The van der Waals surface area contributed by atoms with Crippen LogP contribution in [0, 0.1) is 5.92 Å². The largest absolute Gasteiger partial charge is 0.496 e. The average Bonchev–Trinajstić information content (AvgIpc) is 2.90. The van der Waals surface area contributed by atoms with Gasteiger partial charge in [-0.1, -0.05) is 43.7 Å². The molecule has 0 amide bonds. The Labute approximate surface area is 121 Å². The van der Waals surface area contributed by atoms with Gasteiger partial charge in [0.25, 0.3) is 0 Å². The molecule has 2 nitrogen and oxygen atoms in total. The number of hydrogen-bond acceptors (Lipinski definition) is 2. The number of methoxy groups -OCH3 is 1. The molecule has 1 aliphatic carbocycles. The van der Waals surface area contributed by atoms with Crippen molar-refractivity contribution >= 4 is 10.8 Å². The fourth-order valence-corrected chi connectivity index (χ4v) is 3.37. The van der Waals surface area contributed by atoms with Gasteiger partial charge in [0.15, 0.2) is 0 Å². The SMILES string of the molecule is COc1ccc2ccccc2c1CNC1CCCC1C. The van der Waals surface area contributed by atoms with E-state index in [9.17, 15) is 0 Å². The van der Waals surface area contributed by atoms with E-state index in [0.29, 0.717) is 6.04 Å². The van der Waals surface area contributed by atoms with Gasteiger partial charge in [-0.15, -0.1) is 0 Å². The molecule has 1 aliphatic rings. The van der Waals surface area contributed by atoms with Gasteiger partial charge in [-0.3, -0.25) is 0 Å². The van der Waals surface area contributed by atoms with Crippen LogP contribution in [0.5, 0.6) is 5.75 Å². The Bertz CT molecular complexity index is 593. The van der Waals surface area contributed by atoms with Gasteiger partial charge >= 0.3 is 0 Å². The fourth-order valence-electron chi connectivity index (χ4n) is 3.37. The second kappa shape index (κ2) is 5.84. The Morgan fingerprint density at radius 2 is 2.00 bits per heavy atom. The number of fused-ring (bicyclic) bond motifs is 1. The van der Waals surface area contributed by atoms with Gasteiger partial charge in [-0.25, -0.2) is 0 Å². The molecule has 20 heavy (non-hydrogen) atoms. The third-order valence-corrected chi connectivity index (χ3v) is 4.62. The molecule has 2 aromatic carbocycles. The highest BCUT2D eigenvalue weighted by Crippen LogP contribution is 2.30. The highest BCUT2D eigenvalue weighted by molar-refractivity contribution is 5.87. The molecule has 1 saturated carbocycles. The molecular formula is C18H23NO. The average molecular weight is 269 g/mol. The number of rotatable bonds is 4. The van der Waals surface area contributed by atoms with Crippen LogP contribution in [0.2, 0.25) is 0 Å². The minimum absolute atomic E-state index is 0.652. The Balaban J connectivity index is 1.88. The van der Waals surface area contributed by atoms with E-state index in [1.54, 1.807) is 7.11 Å². The molecule has 0 radical (unpaired) electrons. The lowest BCUT2D eigenvalue weighted by Crippen LogP contribution is -2.30. The minimum Gasteiger partial charge on any atom is -0.496 e. The van der Waals surface area contributed by atoms with Gasteiger partial charge in [-0.2, -0.15) is 0 Å². The van der Waals surface area contributed by atoms with Crippen LogP contribution in [0.15, 0.2) is 36.4 Å². The molecule has 1 fully saturated rings. The van der Waals surface area contributed by atoms with Gasteiger partial charge in [-0.05, 0) is 35.6 Å². The topological polar surface area (TPSA) is 21.3 Å². The van der Waals surface area contributed by atoms with E-state index in [2.05, 4.69) is 48.6 Å². The third kappa shape index (κ3) is 2.53. The third-order valence-electron chi connectivity index (χ3n) is 4.62. The van der Waals surface area contributed by atoms with E-state index in [1.165, 1.54) is 35.6 Å². The lowest BCUT2D eigenvalue weighted by molar-refractivity contribution is 0.396. The van der Waals surface area contributed by atoms with Crippen LogP contribution in [0.25, 0.3) is 10.8 Å². The summed E-state index contributed by atoms with van der Waals surface area (Å²) in [7, 11) is 1.76. The first-order valence-corrected chi connectivity index (χ1v) is 7.57. The first-order chi connectivity index (χ1) is 9.79. The summed E-state index contributed by atoms with van der Waals surface area (Å²) >= 11 is 0. The Morgan fingerprint density at radius 1 is 1.15 bits per heavy atom. The van der Waals surface area contributed by atoms with Crippen molar-refractivity contribution in [3.8, 4) is 5.75 Å². The zero-order chi connectivity index (χ0) is 13.9. The molecule has 2 atom stereocenters. The molecule has 2 aromatic rings. The molecule has 0 aliphatic heterocycles. The molecule has 2 unspecified atom stereocenters. The summed E-state index contributed by atoms with van der Waals surface area (Å²) in [6, 6.07) is 13.4. The first kappa shape index (κ1) is 13.4. The summed E-state index contributed by atoms with van der Waals surface area (Å²) in [6.07, 6.45) is 4.00. The summed E-state index contributed by atoms with van der Waals surface area (Å²) < 4.78 is 5.56. The molecule has 0 spiro atoms. The first-order valence-electron chi connectivity index (χ1n) is 7.57. The normalized spacial score (nSPS) is 22.3. The second-order valence-corrected chi connectivity index (χ2v) is 5.86. The number of nitrogens with one attached hydrogen (secondary N) is 1. The van der Waals surface area contributed by atoms with Crippen LogP contribution in [-0.4, -0.2) is 13.2 Å². The van der Waals surface area contributed by atoms with E-state index in [0.717, 1.165) is 18.2 Å². The van der Waals surface area contributed by atoms with Crippen LogP contribution < -0.4 is 10.1 Å². The van der Waals surface area contributed by atoms with Gasteiger partial charge < -0.3 is 10.1 Å². The van der Waals surface area contributed by atoms with Crippen molar-refractivity contribution in [3.05, 3.63) is 42.0 Å². The molecule has 0 heterocycles. The van der Waals surface area contributed by atoms with Crippen molar-refractivity contribution in [1.82, 2.24) is 5.32 Å². The molecule has 106 valence electrons. The van der Waals surface area contributed by atoms with E-state index in [4.69, 9.17) is 4.74 Å². The number of benzene rings is 2. The minimum atomic E-state index is 0.652. The standard InChI is InChI=1S/C18H23NO/c1-13-6-5-9-17(13)19-12-16-15-8-4-3-7-14(15)10-11-18(16)20-2/h3-4,7-8,10-11,13,17,19H,5-6,9,12H2,1-2H3. The van der Waals surface area contributed by atoms with Gasteiger partial charge in [0, 0.05) is 18.2 Å². The van der Waals surface area contributed by atoms with Gasteiger partial charge in [0.05, 0.1) is 7.11 Å². The van der Waals surface area contributed by atoms with Crippen molar-refractivity contribution in [2.45, 2.75) is 38.8 Å². The van der Waals surface area contributed by atoms with Crippen LogP contribution in [0.4, 0.5) is 0 Å². The maximum atomic E-state index is 5.56. The van der Waals surface area contributed by atoms with Crippen molar-refractivity contribution < 1.29 is 4.74 Å². The van der Waals surface area contributed by atoms with Crippen LogP contribution in [0.3, 0.4) is 0 Å². The van der Waals surface area contributed by atoms with Gasteiger partial charge in [0.2, 0.25) is 0 Å². The molecule has 1 N–H and O–H groups in total. The van der Waals surface area contributed by atoms with Crippen molar-refractivity contribution in [2.24, 2.45) is 5.92 Å². The predicted molar refractivity (Wildman–Crippen MR) is 84.1 cm³/mol. The molecule has 2 heteroatoms. The lowest BCUT2D eigenvalue weighted by atomic mass is 10.0. The van der Waals surface area contributed by atoms with Gasteiger partial charge in [0.1, 0.15) is 5.75 Å². The summed E-state index contributed by atoms with van der Waals surface area (Å²) in [4.78, 5) is 0. The van der Waals surface area contributed by atoms with E-state index < -0.39 is 0 Å². The summed E-state index contributed by atoms with van der Waals surface area (Å²) in [5.74, 6) is 1.78. The molecule has 0 saturated heterocycles. The Hall–Kier alpha value is -1.54. The summed E-state index contributed by atoms with van der Waals surface area (Å²) in [5.41, 5.74) is 1.28. The predicted octanol–water partition coefficient (Wildman–Crippen LogP) is 4.13. The monoisotopic (exact) mass is 269 g/mol. The van der Waals surface area contributed by atoms with E-state index >= 15 is 0 Å². The fraction of sp³-hybridized carbons (Fsp3) is 0.444. The van der Waals surface area contributed by atoms with Crippen molar-refractivity contribution in [1.29, 1.82) is 0 Å². The van der Waals surface area contributed by atoms with E-state index in [-0.39, 0.29) is 0 Å². The zero-order valence-corrected chi connectivity index (χ0v) is 12.4. The summed E-state index contributed by atoms with van der Waals surface area (Å²) in [6.45, 7) is 3.24. The smallest absolute Gasteiger partial charge is 0.123 e. The quantitative estimate of drug-likeness (QED) is 0.901.